The molecule has 0 N–H and O–H groups in total. The highest BCUT2D eigenvalue weighted by Gasteiger charge is 1.99. The van der Waals surface area contributed by atoms with Crippen molar-refractivity contribution in [3.8, 4) is 0 Å². The lowest BCUT2D eigenvalue weighted by Crippen LogP contribution is -1.87. The SMILES string of the molecule is CC(C)c1ccc2cccnc2c1.[B]. The highest BCUT2D eigenvalue weighted by Crippen LogP contribution is 2.19. The molecule has 2 rings (SSSR count). The maximum atomic E-state index is 4.32. The van der Waals surface area contributed by atoms with Gasteiger partial charge in [0.05, 0.1) is 5.52 Å². The molecule has 0 aliphatic carbocycles. The zero-order valence-corrected chi connectivity index (χ0v) is 8.57. The van der Waals surface area contributed by atoms with Crippen molar-refractivity contribution < 1.29 is 0 Å². The second-order valence-electron chi connectivity index (χ2n) is 3.61. The molecule has 0 saturated carbocycles. The highest BCUT2D eigenvalue weighted by molar-refractivity contribution is 5.78. The Bertz CT molecular complexity index is 423. The number of nitrogens with zero attached hydrogens (tertiary/aromatic N) is 1. The average Bonchev–Trinajstić information content (AvgIpc) is 2.17. The topological polar surface area (TPSA) is 12.9 Å². The van der Waals surface area contributed by atoms with Crippen LogP contribution in [0.5, 0.6) is 0 Å². The minimum atomic E-state index is 0. The van der Waals surface area contributed by atoms with Crippen molar-refractivity contribution in [2.24, 2.45) is 0 Å². The van der Waals surface area contributed by atoms with Crippen LogP contribution < -0.4 is 0 Å². The molecular weight excluding hydrogens is 169 g/mol. The van der Waals surface area contributed by atoms with Crippen LogP contribution in [0, 0.1) is 0 Å². The van der Waals surface area contributed by atoms with Crippen molar-refractivity contribution in [1.29, 1.82) is 0 Å². The molecule has 0 saturated heterocycles. The summed E-state index contributed by atoms with van der Waals surface area (Å²) in [6.07, 6.45) is 1.84. The van der Waals surface area contributed by atoms with Gasteiger partial charge in [0.25, 0.3) is 0 Å². The van der Waals surface area contributed by atoms with Crippen LogP contribution in [0.15, 0.2) is 36.5 Å². The minimum absolute atomic E-state index is 0. The van der Waals surface area contributed by atoms with E-state index in [1.54, 1.807) is 0 Å². The van der Waals surface area contributed by atoms with Gasteiger partial charge in [-0.2, -0.15) is 0 Å². The predicted molar refractivity (Wildman–Crippen MR) is 61.6 cm³/mol. The van der Waals surface area contributed by atoms with Crippen molar-refractivity contribution in [2.75, 3.05) is 0 Å². The first kappa shape index (κ1) is 10.8. The Kier molecular flexibility index (Phi) is 3.29. The summed E-state index contributed by atoms with van der Waals surface area (Å²) in [6.45, 7) is 4.40. The van der Waals surface area contributed by atoms with E-state index in [1.807, 2.05) is 12.3 Å². The molecule has 3 radical (unpaired) electrons. The van der Waals surface area contributed by atoms with Crippen LogP contribution in [0.3, 0.4) is 0 Å². The number of fused-ring (bicyclic) bond motifs is 1. The van der Waals surface area contributed by atoms with Crippen LogP contribution >= 0.6 is 0 Å². The van der Waals surface area contributed by atoms with Gasteiger partial charge in [-0.05, 0) is 23.6 Å². The van der Waals surface area contributed by atoms with Crippen LogP contribution in [0.2, 0.25) is 0 Å². The molecule has 1 aromatic carbocycles. The smallest absolute Gasteiger partial charge is 0.0704 e. The Morgan fingerprint density at radius 3 is 2.64 bits per heavy atom. The summed E-state index contributed by atoms with van der Waals surface area (Å²) < 4.78 is 0. The number of hydrogen-bond acceptors (Lipinski definition) is 1. The van der Waals surface area contributed by atoms with E-state index in [9.17, 15) is 0 Å². The third-order valence-corrected chi connectivity index (χ3v) is 2.30. The number of aromatic nitrogens is 1. The monoisotopic (exact) mass is 182 g/mol. The van der Waals surface area contributed by atoms with Crippen LogP contribution in [-0.4, -0.2) is 13.4 Å². The maximum absolute atomic E-state index is 4.32. The fourth-order valence-electron chi connectivity index (χ4n) is 1.44. The fraction of sp³-hybridized carbons (Fsp3) is 0.250. The Morgan fingerprint density at radius 2 is 1.93 bits per heavy atom. The number of rotatable bonds is 1. The van der Waals surface area contributed by atoms with Crippen molar-refractivity contribution >= 4 is 19.3 Å². The fourth-order valence-corrected chi connectivity index (χ4v) is 1.44. The third-order valence-electron chi connectivity index (χ3n) is 2.30. The van der Waals surface area contributed by atoms with Gasteiger partial charge in [0.2, 0.25) is 0 Å². The van der Waals surface area contributed by atoms with Gasteiger partial charge in [0.1, 0.15) is 0 Å². The first-order valence-corrected chi connectivity index (χ1v) is 4.62. The zero-order valence-electron chi connectivity index (χ0n) is 8.57. The minimum Gasteiger partial charge on any atom is -0.256 e. The molecule has 0 amide bonds. The quantitative estimate of drug-likeness (QED) is 0.617. The molecule has 0 atom stereocenters. The molecular formula is C12H13BN. The summed E-state index contributed by atoms with van der Waals surface area (Å²) >= 11 is 0. The first-order valence-electron chi connectivity index (χ1n) is 4.62. The molecule has 2 heteroatoms. The van der Waals surface area contributed by atoms with Crippen molar-refractivity contribution in [2.45, 2.75) is 19.8 Å². The van der Waals surface area contributed by atoms with E-state index >= 15 is 0 Å². The van der Waals surface area contributed by atoms with Crippen molar-refractivity contribution in [1.82, 2.24) is 4.98 Å². The number of pyridine rings is 1. The molecule has 0 aliphatic rings. The summed E-state index contributed by atoms with van der Waals surface area (Å²) in [5, 5.41) is 1.21. The van der Waals surface area contributed by atoms with E-state index in [0.717, 1.165) is 5.52 Å². The Labute approximate surface area is 86.7 Å². The van der Waals surface area contributed by atoms with Gasteiger partial charge in [-0.25, -0.2) is 0 Å². The van der Waals surface area contributed by atoms with Gasteiger partial charge in [-0.3, -0.25) is 4.98 Å². The van der Waals surface area contributed by atoms with E-state index < -0.39 is 0 Å². The lowest BCUT2D eigenvalue weighted by atomic mass is 10.0. The van der Waals surface area contributed by atoms with Gasteiger partial charge >= 0.3 is 0 Å². The van der Waals surface area contributed by atoms with Crippen LogP contribution in [0.25, 0.3) is 10.9 Å². The molecule has 69 valence electrons. The van der Waals surface area contributed by atoms with Crippen LogP contribution in [-0.2, 0) is 0 Å². The average molecular weight is 182 g/mol. The van der Waals surface area contributed by atoms with E-state index in [2.05, 4.69) is 43.1 Å². The summed E-state index contributed by atoms with van der Waals surface area (Å²) in [7, 11) is 0. The van der Waals surface area contributed by atoms with Crippen molar-refractivity contribution in [3.63, 3.8) is 0 Å². The standard InChI is InChI=1S/C12H13N.B/c1-9(2)11-6-5-10-4-3-7-13-12(10)8-11;/h3-9H,1-2H3;. The van der Waals surface area contributed by atoms with E-state index in [1.165, 1.54) is 10.9 Å². The molecule has 1 aromatic heterocycles. The molecule has 14 heavy (non-hydrogen) atoms. The van der Waals surface area contributed by atoms with E-state index in [4.69, 9.17) is 0 Å². The second kappa shape index (κ2) is 4.27. The molecule has 1 heterocycles. The Hall–Kier alpha value is -1.31. The molecule has 0 fully saturated rings. The number of benzene rings is 1. The normalized spacial score (nSPS) is 10.2. The molecule has 1 nitrogen and oxygen atoms in total. The summed E-state index contributed by atoms with van der Waals surface area (Å²) in [5.74, 6) is 0.575. The number of hydrogen-bond donors (Lipinski definition) is 0. The molecule has 0 spiro atoms. The van der Waals surface area contributed by atoms with E-state index in [-0.39, 0.29) is 8.41 Å². The van der Waals surface area contributed by atoms with Gasteiger partial charge in [0.15, 0.2) is 0 Å². The molecule has 0 bridgehead atoms. The second-order valence-corrected chi connectivity index (χ2v) is 3.61. The van der Waals surface area contributed by atoms with Crippen LogP contribution in [0.1, 0.15) is 25.3 Å². The predicted octanol–water partition coefficient (Wildman–Crippen LogP) is 2.98. The summed E-state index contributed by atoms with van der Waals surface area (Å²) in [4.78, 5) is 4.32. The molecule has 0 unspecified atom stereocenters. The Balaban J connectivity index is 0.000000980. The van der Waals surface area contributed by atoms with Gasteiger partial charge in [-0.1, -0.05) is 32.0 Å². The van der Waals surface area contributed by atoms with E-state index in [0.29, 0.717) is 5.92 Å². The first-order chi connectivity index (χ1) is 6.27. The lowest BCUT2D eigenvalue weighted by Gasteiger charge is -2.05. The molecule has 2 aromatic rings. The molecule has 0 aliphatic heterocycles. The van der Waals surface area contributed by atoms with Gasteiger partial charge in [0, 0.05) is 20.0 Å². The summed E-state index contributed by atoms with van der Waals surface area (Å²) in [5.41, 5.74) is 2.44. The van der Waals surface area contributed by atoms with Gasteiger partial charge in [-0.15, -0.1) is 0 Å². The zero-order chi connectivity index (χ0) is 9.26. The third kappa shape index (κ3) is 1.95. The van der Waals surface area contributed by atoms with Crippen molar-refractivity contribution in [3.05, 3.63) is 42.1 Å². The maximum Gasteiger partial charge on any atom is 0.0704 e. The highest BCUT2D eigenvalue weighted by atomic mass is 14.6. The largest absolute Gasteiger partial charge is 0.256 e. The van der Waals surface area contributed by atoms with Gasteiger partial charge < -0.3 is 0 Å². The Morgan fingerprint density at radius 1 is 1.14 bits per heavy atom. The lowest BCUT2D eigenvalue weighted by molar-refractivity contribution is 0.868. The van der Waals surface area contributed by atoms with Crippen LogP contribution in [0.4, 0.5) is 0 Å². The summed E-state index contributed by atoms with van der Waals surface area (Å²) in [6, 6.07) is 10.5.